The molecule has 0 bridgehead atoms. The summed E-state index contributed by atoms with van der Waals surface area (Å²) in [7, 11) is 0. The minimum Gasteiger partial charge on any atom is -0.403 e. The molecule has 3 aromatic rings. The van der Waals surface area contributed by atoms with Gasteiger partial charge in [0.2, 0.25) is 5.89 Å². The van der Waals surface area contributed by atoms with Gasteiger partial charge in [0.25, 0.3) is 0 Å². The van der Waals surface area contributed by atoms with E-state index in [0.717, 1.165) is 23.2 Å². The molecule has 0 aliphatic rings. The lowest BCUT2D eigenvalue weighted by Crippen LogP contribution is -2.06. The molecular formula is C18H18N2O2. The summed E-state index contributed by atoms with van der Waals surface area (Å²) in [5, 5.41) is 0.542. The summed E-state index contributed by atoms with van der Waals surface area (Å²) in [4.78, 5) is 21.3. The molecule has 0 radical (unpaired) electrons. The normalized spacial score (nSPS) is 12.5. The third-order valence-corrected chi connectivity index (χ3v) is 4.01. The fourth-order valence-corrected chi connectivity index (χ4v) is 2.58. The maximum atomic E-state index is 12.3. The molecular weight excluding hydrogens is 276 g/mol. The van der Waals surface area contributed by atoms with Crippen molar-refractivity contribution in [2.24, 2.45) is 0 Å². The summed E-state index contributed by atoms with van der Waals surface area (Å²) in [6, 6.07) is 9.36. The number of aromatic nitrogens is 2. The lowest BCUT2D eigenvalue weighted by Gasteiger charge is -2.12. The number of hydrogen-bond acceptors (Lipinski definition) is 4. The van der Waals surface area contributed by atoms with E-state index in [-0.39, 0.29) is 11.5 Å². The Balaban J connectivity index is 2.26. The van der Waals surface area contributed by atoms with Gasteiger partial charge in [-0.15, -0.1) is 0 Å². The average Bonchev–Trinajstić information content (AvgIpc) is 2.53. The maximum Gasteiger partial charge on any atom is 0.347 e. The van der Waals surface area contributed by atoms with E-state index in [1.165, 1.54) is 0 Å². The van der Waals surface area contributed by atoms with Gasteiger partial charge in [-0.05, 0) is 43.0 Å². The molecule has 0 aliphatic heterocycles. The maximum absolute atomic E-state index is 12.3. The zero-order valence-electron chi connectivity index (χ0n) is 13.0. The molecule has 2 aromatic heterocycles. The van der Waals surface area contributed by atoms with E-state index in [4.69, 9.17) is 4.42 Å². The van der Waals surface area contributed by atoms with Crippen molar-refractivity contribution in [1.29, 1.82) is 0 Å². The lowest BCUT2D eigenvalue weighted by molar-refractivity contribution is 0.516. The molecule has 0 saturated carbocycles. The summed E-state index contributed by atoms with van der Waals surface area (Å²) in [5.41, 5.74) is 2.88. The van der Waals surface area contributed by atoms with Crippen molar-refractivity contribution in [2.45, 2.75) is 33.1 Å². The first-order valence-electron chi connectivity index (χ1n) is 7.47. The highest BCUT2D eigenvalue weighted by Gasteiger charge is 2.16. The van der Waals surface area contributed by atoms with Crippen molar-refractivity contribution in [3.63, 3.8) is 0 Å². The van der Waals surface area contributed by atoms with E-state index in [2.05, 4.69) is 23.8 Å². The molecule has 1 aromatic carbocycles. The van der Waals surface area contributed by atoms with Gasteiger partial charge >= 0.3 is 5.63 Å². The second-order valence-electron chi connectivity index (χ2n) is 5.52. The van der Waals surface area contributed by atoms with Crippen LogP contribution in [0, 0.1) is 6.92 Å². The van der Waals surface area contributed by atoms with Crippen LogP contribution in [0.2, 0.25) is 0 Å². The predicted molar refractivity (Wildman–Crippen MR) is 87.0 cm³/mol. The van der Waals surface area contributed by atoms with Gasteiger partial charge in [0, 0.05) is 6.20 Å². The van der Waals surface area contributed by atoms with Crippen LogP contribution in [0.3, 0.4) is 0 Å². The topological polar surface area (TPSA) is 56.0 Å². The predicted octanol–water partition coefficient (Wildman–Crippen LogP) is 4.07. The van der Waals surface area contributed by atoms with E-state index in [9.17, 15) is 4.79 Å². The van der Waals surface area contributed by atoms with Gasteiger partial charge < -0.3 is 4.42 Å². The standard InChI is InChI=1S/C18H18N2O2/c1-4-11(2)16-13(8-6-10-19-16)17-20-14-9-5-7-12(3)15(14)18(21)22-17/h5-11H,4H2,1-3H3. The monoisotopic (exact) mass is 294 g/mol. The Hall–Kier alpha value is -2.49. The number of pyridine rings is 1. The zero-order chi connectivity index (χ0) is 15.7. The smallest absolute Gasteiger partial charge is 0.347 e. The molecule has 112 valence electrons. The number of fused-ring (bicyclic) bond motifs is 1. The summed E-state index contributed by atoms with van der Waals surface area (Å²) in [6.45, 7) is 6.10. The molecule has 0 amide bonds. The Labute approximate surface area is 128 Å². The number of nitrogens with zero attached hydrogens (tertiary/aromatic N) is 2. The van der Waals surface area contributed by atoms with Gasteiger partial charge in [-0.2, -0.15) is 0 Å². The van der Waals surface area contributed by atoms with Crippen LogP contribution in [0.5, 0.6) is 0 Å². The van der Waals surface area contributed by atoms with Crippen LogP contribution < -0.4 is 5.63 Å². The third kappa shape index (κ3) is 2.41. The van der Waals surface area contributed by atoms with Crippen LogP contribution in [0.25, 0.3) is 22.4 Å². The first kappa shape index (κ1) is 14.4. The molecule has 3 rings (SSSR count). The van der Waals surface area contributed by atoms with Gasteiger partial charge in [0.05, 0.1) is 22.2 Å². The second kappa shape index (κ2) is 5.72. The van der Waals surface area contributed by atoms with Crippen LogP contribution in [-0.4, -0.2) is 9.97 Å². The van der Waals surface area contributed by atoms with Crippen LogP contribution in [0.1, 0.15) is 37.4 Å². The SMILES string of the molecule is CCC(C)c1ncccc1-c1nc2cccc(C)c2c(=O)o1. The molecule has 0 fully saturated rings. The molecule has 0 N–H and O–H groups in total. The first-order chi connectivity index (χ1) is 10.6. The third-order valence-electron chi connectivity index (χ3n) is 4.01. The fourth-order valence-electron chi connectivity index (χ4n) is 2.58. The van der Waals surface area contributed by atoms with Gasteiger partial charge in [0.15, 0.2) is 0 Å². The van der Waals surface area contributed by atoms with E-state index < -0.39 is 0 Å². The highest BCUT2D eigenvalue weighted by molar-refractivity contribution is 5.81. The Kier molecular flexibility index (Phi) is 3.75. The van der Waals surface area contributed by atoms with Gasteiger partial charge in [-0.3, -0.25) is 4.98 Å². The minimum absolute atomic E-state index is 0.275. The summed E-state index contributed by atoms with van der Waals surface area (Å²) >= 11 is 0. The molecule has 1 unspecified atom stereocenters. The average molecular weight is 294 g/mol. The number of rotatable bonds is 3. The van der Waals surface area contributed by atoms with Crippen molar-refractivity contribution >= 4 is 10.9 Å². The van der Waals surface area contributed by atoms with Gasteiger partial charge in [-0.1, -0.05) is 26.0 Å². The van der Waals surface area contributed by atoms with Crippen molar-refractivity contribution in [3.05, 3.63) is 58.2 Å². The molecule has 0 saturated heterocycles. The van der Waals surface area contributed by atoms with Crippen LogP contribution in [-0.2, 0) is 0 Å². The number of hydrogen-bond donors (Lipinski definition) is 0. The van der Waals surface area contributed by atoms with Crippen molar-refractivity contribution in [1.82, 2.24) is 9.97 Å². The molecule has 2 heterocycles. The molecule has 4 nitrogen and oxygen atoms in total. The molecule has 4 heteroatoms. The van der Waals surface area contributed by atoms with E-state index in [1.54, 1.807) is 6.20 Å². The Morgan fingerprint density at radius 2 is 2.05 bits per heavy atom. The van der Waals surface area contributed by atoms with Crippen LogP contribution in [0.15, 0.2) is 45.7 Å². The van der Waals surface area contributed by atoms with E-state index in [0.29, 0.717) is 16.8 Å². The number of benzene rings is 1. The van der Waals surface area contributed by atoms with E-state index >= 15 is 0 Å². The Bertz CT molecular complexity index is 884. The lowest BCUT2D eigenvalue weighted by atomic mass is 9.99. The zero-order valence-corrected chi connectivity index (χ0v) is 13.0. The largest absolute Gasteiger partial charge is 0.403 e. The first-order valence-corrected chi connectivity index (χ1v) is 7.47. The highest BCUT2D eigenvalue weighted by atomic mass is 16.4. The minimum atomic E-state index is -0.350. The van der Waals surface area contributed by atoms with Gasteiger partial charge in [-0.25, -0.2) is 9.78 Å². The summed E-state index contributed by atoms with van der Waals surface area (Å²) in [5.74, 6) is 0.614. The second-order valence-corrected chi connectivity index (χ2v) is 5.52. The summed E-state index contributed by atoms with van der Waals surface area (Å²) < 4.78 is 5.49. The van der Waals surface area contributed by atoms with Gasteiger partial charge in [0.1, 0.15) is 0 Å². The Morgan fingerprint density at radius 3 is 2.82 bits per heavy atom. The van der Waals surface area contributed by atoms with Crippen molar-refractivity contribution in [3.8, 4) is 11.5 Å². The van der Waals surface area contributed by atoms with Crippen molar-refractivity contribution in [2.75, 3.05) is 0 Å². The van der Waals surface area contributed by atoms with E-state index in [1.807, 2.05) is 37.3 Å². The molecule has 0 aliphatic carbocycles. The van der Waals surface area contributed by atoms with Crippen LogP contribution >= 0.6 is 0 Å². The summed E-state index contributed by atoms with van der Waals surface area (Å²) in [6.07, 6.45) is 2.72. The molecule has 22 heavy (non-hydrogen) atoms. The Morgan fingerprint density at radius 1 is 1.23 bits per heavy atom. The molecule has 0 spiro atoms. The van der Waals surface area contributed by atoms with Crippen LogP contribution in [0.4, 0.5) is 0 Å². The number of aryl methyl sites for hydroxylation is 1. The van der Waals surface area contributed by atoms with Crippen molar-refractivity contribution < 1.29 is 4.42 Å². The quantitative estimate of drug-likeness (QED) is 0.730. The molecule has 1 atom stereocenters. The fraction of sp³-hybridized carbons (Fsp3) is 0.278. The highest BCUT2D eigenvalue weighted by Crippen LogP contribution is 2.28.